The fraction of sp³-hybridized carbons (Fsp3) is 0.500. The Morgan fingerprint density at radius 3 is 2.69 bits per heavy atom. The Morgan fingerprint density at radius 1 is 1.27 bits per heavy atom. The van der Waals surface area contributed by atoms with Gasteiger partial charge in [0.25, 0.3) is 5.92 Å². The van der Waals surface area contributed by atoms with Gasteiger partial charge in [0, 0.05) is 30.6 Å². The summed E-state index contributed by atoms with van der Waals surface area (Å²) in [4.78, 5) is 29.4. The van der Waals surface area contributed by atoms with E-state index in [4.69, 9.17) is 0 Å². The number of nitrogens with one attached hydrogen (secondary N) is 2. The van der Waals surface area contributed by atoms with E-state index in [-0.39, 0.29) is 13.1 Å². The van der Waals surface area contributed by atoms with Crippen molar-refractivity contribution in [2.24, 2.45) is 5.41 Å². The van der Waals surface area contributed by atoms with Crippen LogP contribution in [0.1, 0.15) is 25.5 Å². The Balaban J connectivity index is 1.77. The summed E-state index contributed by atoms with van der Waals surface area (Å²) in [5.41, 5.74) is -0.333. The van der Waals surface area contributed by atoms with E-state index >= 15 is 0 Å². The highest BCUT2D eigenvalue weighted by molar-refractivity contribution is 6.00. The van der Waals surface area contributed by atoms with E-state index in [1.807, 2.05) is 0 Å². The summed E-state index contributed by atoms with van der Waals surface area (Å²) in [6, 6.07) is 2.68. The minimum atomic E-state index is -2.86. The predicted octanol–water partition coefficient (Wildman–Crippen LogP) is 1.13. The second-order valence-electron chi connectivity index (χ2n) is 7.34. The van der Waals surface area contributed by atoms with Crippen LogP contribution in [0.4, 0.5) is 19.4 Å². The Morgan fingerprint density at radius 2 is 2.04 bits per heavy atom. The summed E-state index contributed by atoms with van der Waals surface area (Å²) in [5, 5.41) is 8.92. The van der Waals surface area contributed by atoms with Crippen LogP contribution in [-0.2, 0) is 4.79 Å². The van der Waals surface area contributed by atoms with E-state index in [9.17, 15) is 18.4 Å². The first-order valence-electron chi connectivity index (χ1n) is 8.24. The molecule has 0 bridgehead atoms. The third-order valence-electron chi connectivity index (χ3n) is 5.03. The Labute approximate surface area is 147 Å². The number of nitrogens with zero attached hydrogens (tertiary/aromatic N) is 4. The van der Waals surface area contributed by atoms with Crippen LogP contribution < -0.4 is 15.5 Å². The van der Waals surface area contributed by atoms with Crippen molar-refractivity contribution in [2.75, 3.05) is 24.5 Å². The van der Waals surface area contributed by atoms with Crippen molar-refractivity contribution in [3.8, 4) is 0 Å². The molecule has 2 aromatic heterocycles. The number of halogens is 2. The molecule has 4 heterocycles. The number of aromatic nitrogens is 3. The maximum atomic E-state index is 14.3. The number of alkyl halides is 2. The van der Waals surface area contributed by atoms with Gasteiger partial charge in [-0.3, -0.25) is 10.1 Å². The number of rotatable bonds is 2. The average Bonchev–Trinajstić information content (AvgIpc) is 3.08. The molecule has 2 aromatic rings. The van der Waals surface area contributed by atoms with E-state index in [1.165, 1.54) is 24.6 Å². The summed E-state index contributed by atoms with van der Waals surface area (Å²) in [7, 11) is 0. The Bertz CT molecular complexity index is 893. The van der Waals surface area contributed by atoms with Crippen molar-refractivity contribution in [1.29, 1.82) is 0 Å². The second-order valence-corrected chi connectivity index (χ2v) is 7.34. The molecule has 3 amide bonds. The highest BCUT2D eigenvalue weighted by Crippen LogP contribution is 2.44. The van der Waals surface area contributed by atoms with Gasteiger partial charge in [-0.2, -0.15) is 9.61 Å². The SMILES string of the molecule is CC1(C)CN(c2cc(C3CNC(=O)NC3=O)nc3ccnn23)CC1(F)F. The number of hydrogen-bond acceptors (Lipinski definition) is 5. The normalized spacial score (nSPS) is 24.6. The van der Waals surface area contributed by atoms with Gasteiger partial charge in [0.2, 0.25) is 5.91 Å². The summed E-state index contributed by atoms with van der Waals surface area (Å²) >= 11 is 0. The lowest BCUT2D eigenvalue weighted by Crippen LogP contribution is -2.51. The highest BCUT2D eigenvalue weighted by atomic mass is 19.3. The standard InChI is InChI=1S/C16H18F2N6O2/c1-15(2)7-23(8-16(15,17)18)12-5-10(21-11-3-4-20-24(11)12)9-6-19-14(26)22-13(9)25/h3-5,9H,6-8H2,1-2H3,(H2,19,22,25,26). The molecule has 0 spiro atoms. The molecular formula is C16H18F2N6O2. The Hall–Kier alpha value is -2.78. The number of hydrogen-bond donors (Lipinski definition) is 2. The molecule has 0 radical (unpaired) electrons. The van der Waals surface area contributed by atoms with Crippen LogP contribution >= 0.6 is 0 Å². The number of urea groups is 1. The first kappa shape index (κ1) is 16.7. The smallest absolute Gasteiger partial charge is 0.321 e. The maximum absolute atomic E-state index is 14.3. The van der Waals surface area contributed by atoms with Gasteiger partial charge in [0.15, 0.2) is 5.65 Å². The van der Waals surface area contributed by atoms with Gasteiger partial charge < -0.3 is 10.2 Å². The minimum absolute atomic E-state index is 0.100. The third-order valence-corrected chi connectivity index (χ3v) is 5.03. The fourth-order valence-corrected chi connectivity index (χ4v) is 3.35. The highest BCUT2D eigenvalue weighted by Gasteiger charge is 2.54. The predicted molar refractivity (Wildman–Crippen MR) is 88.2 cm³/mol. The van der Waals surface area contributed by atoms with Crippen molar-refractivity contribution >= 4 is 23.4 Å². The van der Waals surface area contributed by atoms with Gasteiger partial charge in [0.1, 0.15) is 5.82 Å². The van der Waals surface area contributed by atoms with Gasteiger partial charge >= 0.3 is 6.03 Å². The molecule has 2 fully saturated rings. The number of anilines is 1. The maximum Gasteiger partial charge on any atom is 0.321 e. The summed E-state index contributed by atoms with van der Waals surface area (Å²) in [6.07, 6.45) is 1.53. The van der Waals surface area contributed by atoms with Crippen LogP contribution in [0.15, 0.2) is 18.3 Å². The second kappa shape index (κ2) is 5.36. The molecule has 1 atom stereocenters. The van der Waals surface area contributed by atoms with Gasteiger partial charge in [0.05, 0.1) is 24.4 Å². The molecule has 4 rings (SSSR count). The fourth-order valence-electron chi connectivity index (χ4n) is 3.35. The topological polar surface area (TPSA) is 91.6 Å². The van der Waals surface area contributed by atoms with Crippen LogP contribution in [0.2, 0.25) is 0 Å². The number of fused-ring (bicyclic) bond motifs is 1. The summed E-state index contributed by atoms with van der Waals surface area (Å²) < 4.78 is 30.2. The minimum Gasteiger partial charge on any atom is -0.350 e. The van der Waals surface area contributed by atoms with Gasteiger partial charge in [-0.15, -0.1) is 0 Å². The lowest BCUT2D eigenvalue weighted by molar-refractivity contribution is -0.122. The van der Waals surface area contributed by atoms with Gasteiger partial charge in [-0.1, -0.05) is 13.8 Å². The monoisotopic (exact) mass is 364 g/mol. The molecule has 2 N–H and O–H groups in total. The van der Waals surface area contributed by atoms with Crippen LogP contribution in [0, 0.1) is 5.41 Å². The molecule has 0 aliphatic carbocycles. The summed E-state index contributed by atoms with van der Waals surface area (Å²) in [5.74, 6) is -3.57. The van der Waals surface area contributed by atoms with E-state index in [1.54, 1.807) is 17.0 Å². The molecule has 138 valence electrons. The largest absolute Gasteiger partial charge is 0.350 e. The number of carbonyl (C=O) groups is 2. The van der Waals surface area contributed by atoms with Crippen LogP contribution in [0.25, 0.3) is 5.65 Å². The zero-order valence-electron chi connectivity index (χ0n) is 14.3. The molecular weight excluding hydrogens is 346 g/mol. The van der Waals surface area contributed by atoms with Crippen LogP contribution in [-0.4, -0.2) is 52.1 Å². The molecule has 0 aromatic carbocycles. The lowest BCUT2D eigenvalue weighted by Gasteiger charge is -2.25. The molecule has 2 saturated heterocycles. The van der Waals surface area contributed by atoms with Crippen molar-refractivity contribution in [2.45, 2.75) is 25.7 Å². The number of imide groups is 1. The number of carbonyl (C=O) groups excluding carboxylic acids is 2. The van der Waals surface area contributed by atoms with E-state index in [2.05, 4.69) is 20.7 Å². The zero-order valence-corrected chi connectivity index (χ0v) is 14.3. The van der Waals surface area contributed by atoms with Crippen LogP contribution in [0.5, 0.6) is 0 Å². The molecule has 2 aliphatic rings. The zero-order chi connectivity index (χ0) is 18.7. The summed E-state index contributed by atoms with van der Waals surface area (Å²) in [6.45, 7) is 2.86. The van der Waals surface area contributed by atoms with Crippen LogP contribution in [0.3, 0.4) is 0 Å². The van der Waals surface area contributed by atoms with Gasteiger partial charge in [-0.25, -0.2) is 18.6 Å². The third kappa shape index (κ3) is 2.47. The molecule has 10 heteroatoms. The molecule has 26 heavy (non-hydrogen) atoms. The lowest BCUT2D eigenvalue weighted by atomic mass is 9.89. The Kier molecular flexibility index (Phi) is 3.44. The van der Waals surface area contributed by atoms with Crippen molar-refractivity contribution in [1.82, 2.24) is 25.2 Å². The molecule has 2 aliphatic heterocycles. The molecule has 8 nitrogen and oxygen atoms in total. The van der Waals surface area contributed by atoms with E-state index in [0.717, 1.165) is 0 Å². The van der Waals surface area contributed by atoms with Gasteiger partial charge in [-0.05, 0) is 0 Å². The number of amides is 3. The molecule has 0 saturated carbocycles. The van der Waals surface area contributed by atoms with E-state index in [0.29, 0.717) is 17.2 Å². The average molecular weight is 364 g/mol. The van der Waals surface area contributed by atoms with Crippen molar-refractivity contribution < 1.29 is 18.4 Å². The van der Waals surface area contributed by atoms with E-state index < -0.39 is 35.7 Å². The quantitative estimate of drug-likeness (QED) is 0.834. The first-order chi connectivity index (χ1) is 12.2. The van der Waals surface area contributed by atoms with Crippen molar-refractivity contribution in [3.05, 3.63) is 24.0 Å². The first-order valence-corrected chi connectivity index (χ1v) is 8.24. The van der Waals surface area contributed by atoms with Crippen molar-refractivity contribution in [3.63, 3.8) is 0 Å². The molecule has 1 unspecified atom stereocenters.